The molecule has 0 aromatic heterocycles. The Labute approximate surface area is 188 Å². The molecule has 11 heteroatoms. The van der Waals surface area contributed by atoms with E-state index in [1.54, 1.807) is 26.0 Å². The first-order chi connectivity index (χ1) is 14.8. The summed E-state index contributed by atoms with van der Waals surface area (Å²) in [6.45, 7) is 3.56. The topological polar surface area (TPSA) is 66.5 Å². The molecule has 174 valence electrons. The number of rotatable bonds is 5. The van der Waals surface area contributed by atoms with Gasteiger partial charge in [0, 0.05) is 13.1 Å². The van der Waals surface area contributed by atoms with Crippen LogP contribution in [0.15, 0.2) is 30.3 Å². The van der Waals surface area contributed by atoms with E-state index in [2.05, 4.69) is 5.32 Å². The number of sulfonamides is 1. The van der Waals surface area contributed by atoms with Gasteiger partial charge < -0.3 is 5.32 Å². The van der Waals surface area contributed by atoms with Gasteiger partial charge in [-0.2, -0.15) is 17.5 Å². The van der Waals surface area contributed by atoms with Gasteiger partial charge in [-0.3, -0.25) is 4.79 Å². The second-order valence-electron chi connectivity index (χ2n) is 7.77. The van der Waals surface area contributed by atoms with Crippen molar-refractivity contribution in [3.8, 4) is 0 Å². The zero-order chi connectivity index (χ0) is 23.8. The number of carbonyl (C=O) groups is 1. The van der Waals surface area contributed by atoms with Crippen molar-refractivity contribution in [2.24, 2.45) is 0 Å². The summed E-state index contributed by atoms with van der Waals surface area (Å²) in [6, 6.07) is 5.56. The molecule has 0 spiro atoms. The number of fused-ring (bicyclic) bond motifs is 1. The maximum absolute atomic E-state index is 13.8. The molecule has 1 aliphatic heterocycles. The minimum absolute atomic E-state index is 0.0723. The van der Waals surface area contributed by atoms with Crippen LogP contribution in [0.2, 0.25) is 5.02 Å². The van der Waals surface area contributed by atoms with Crippen molar-refractivity contribution in [1.29, 1.82) is 0 Å². The Hall–Kier alpha value is -2.17. The highest BCUT2D eigenvalue weighted by Crippen LogP contribution is 2.34. The number of hydrogen-bond acceptors (Lipinski definition) is 3. The molecule has 1 amide bonds. The number of halogens is 5. The van der Waals surface area contributed by atoms with Crippen LogP contribution in [0, 0.1) is 5.82 Å². The van der Waals surface area contributed by atoms with Gasteiger partial charge in [-0.1, -0.05) is 23.7 Å². The molecule has 32 heavy (non-hydrogen) atoms. The Balaban J connectivity index is 1.79. The predicted molar refractivity (Wildman–Crippen MR) is 113 cm³/mol. The first-order valence-corrected chi connectivity index (χ1v) is 11.6. The molecule has 0 radical (unpaired) electrons. The van der Waals surface area contributed by atoms with Crippen LogP contribution < -0.4 is 5.32 Å². The number of alkyl halides is 3. The molecule has 1 heterocycles. The van der Waals surface area contributed by atoms with E-state index in [0.29, 0.717) is 35.4 Å². The molecule has 1 aliphatic rings. The van der Waals surface area contributed by atoms with E-state index in [1.165, 1.54) is 4.31 Å². The summed E-state index contributed by atoms with van der Waals surface area (Å²) in [7, 11) is -3.45. The van der Waals surface area contributed by atoms with Gasteiger partial charge in [0.25, 0.3) is 0 Å². The molecule has 2 aromatic carbocycles. The maximum atomic E-state index is 13.8. The quantitative estimate of drug-likeness (QED) is 0.611. The van der Waals surface area contributed by atoms with Crippen molar-refractivity contribution < 1.29 is 30.8 Å². The van der Waals surface area contributed by atoms with Gasteiger partial charge >= 0.3 is 6.18 Å². The molecule has 5 nitrogen and oxygen atoms in total. The third-order valence-corrected chi connectivity index (χ3v) is 7.78. The molecule has 0 fully saturated rings. The number of nitrogens with zero attached hydrogens (tertiary/aromatic N) is 1. The Morgan fingerprint density at radius 1 is 1.22 bits per heavy atom. The minimum atomic E-state index is -4.82. The third kappa shape index (κ3) is 5.07. The molecule has 0 bridgehead atoms. The lowest BCUT2D eigenvalue weighted by atomic mass is 9.98. The summed E-state index contributed by atoms with van der Waals surface area (Å²) < 4.78 is 78.2. The lowest BCUT2D eigenvalue weighted by molar-refractivity contribution is -0.140. The summed E-state index contributed by atoms with van der Waals surface area (Å²) in [5.41, 5.74) is 0.384. The van der Waals surface area contributed by atoms with Crippen molar-refractivity contribution in [1.82, 2.24) is 4.31 Å². The molecular formula is C21H21ClF4N2O3S. The first-order valence-electron chi connectivity index (χ1n) is 9.75. The molecule has 1 N–H and O–H groups in total. The van der Waals surface area contributed by atoms with Crippen molar-refractivity contribution in [2.75, 3.05) is 11.9 Å². The average Bonchev–Trinajstić information content (AvgIpc) is 2.68. The fraction of sp³-hybridized carbons (Fsp3) is 0.381. The Bertz CT molecular complexity index is 1150. The standard InChI is InChI=1S/C21H21ClF4N2O3S/c1-12(2)32(30,31)28-8-7-15-14(11-28)4-6-17(22)20(15)27-19(29)10-13-3-5-16(18(23)9-13)21(24,25)26/h3-6,9,12H,7-8,10-11H2,1-2H3,(H,27,29). The molecule has 0 saturated carbocycles. The number of nitrogens with one attached hydrogen (secondary N) is 1. The molecule has 0 aliphatic carbocycles. The highest BCUT2D eigenvalue weighted by molar-refractivity contribution is 7.89. The fourth-order valence-electron chi connectivity index (χ4n) is 3.52. The van der Waals surface area contributed by atoms with Gasteiger partial charge in [0.15, 0.2) is 0 Å². The predicted octanol–water partition coefficient (Wildman–Crippen LogP) is 4.78. The number of benzene rings is 2. The number of amides is 1. The van der Waals surface area contributed by atoms with E-state index in [-0.39, 0.29) is 30.1 Å². The molecule has 0 atom stereocenters. The van der Waals surface area contributed by atoms with Crippen LogP contribution in [0.4, 0.5) is 23.2 Å². The van der Waals surface area contributed by atoms with Crippen LogP contribution in [0.3, 0.4) is 0 Å². The summed E-state index contributed by atoms with van der Waals surface area (Å²) in [5.74, 6) is -2.04. The van der Waals surface area contributed by atoms with Crippen LogP contribution in [-0.2, 0) is 40.4 Å². The largest absolute Gasteiger partial charge is 0.419 e. The van der Waals surface area contributed by atoms with Gasteiger partial charge in [0.2, 0.25) is 15.9 Å². The van der Waals surface area contributed by atoms with Crippen molar-refractivity contribution in [3.63, 3.8) is 0 Å². The Morgan fingerprint density at radius 3 is 2.50 bits per heavy atom. The summed E-state index contributed by atoms with van der Waals surface area (Å²) >= 11 is 6.25. The second-order valence-corrected chi connectivity index (χ2v) is 10.7. The molecule has 0 unspecified atom stereocenters. The second kappa shape index (κ2) is 8.99. The smallest absolute Gasteiger partial charge is 0.324 e. The van der Waals surface area contributed by atoms with Crippen LogP contribution in [-0.4, -0.2) is 30.4 Å². The van der Waals surface area contributed by atoms with E-state index in [1.807, 2.05) is 0 Å². The zero-order valence-electron chi connectivity index (χ0n) is 17.3. The minimum Gasteiger partial charge on any atom is -0.324 e. The monoisotopic (exact) mass is 492 g/mol. The third-order valence-electron chi connectivity index (χ3n) is 5.24. The highest BCUT2D eigenvalue weighted by Gasteiger charge is 2.34. The SMILES string of the molecule is CC(C)S(=O)(=O)N1CCc2c(ccc(Cl)c2NC(=O)Cc2ccc(C(F)(F)F)c(F)c2)C1. The van der Waals surface area contributed by atoms with Gasteiger partial charge in [0.1, 0.15) is 5.82 Å². The average molecular weight is 493 g/mol. The lowest BCUT2D eigenvalue weighted by Crippen LogP contribution is -2.40. The van der Waals surface area contributed by atoms with Crippen molar-refractivity contribution >= 4 is 33.2 Å². The van der Waals surface area contributed by atoms with Gasteiger partial charge in [-0.25, -0.2) is 12.8 Å². The van der Waals surface area contributed by atoms with E-state index in [0.717, 1.165) is 6.07 Å². The van der Waals surface area contributed by atoms with E-state index >= 15 is 0 Å². The van der Waals surface area contributed by atoms with Crippen LogP contribution in [0.25, 0.3) is 0 Å². The summed E-state index contributed by atoms with van der Waals surface area (Å²) in [6.07, 6.45) is -4.85. The van der Waals surface area contributed by atoms with Crippen LogP contribution in [0.1, 0.15) is 36.1 Å². The van der Waals surface area contributed by atoms with Gasteiger partial charge in [0.05, 0.1) is 27.9 Å². The fourth-order valence-corrected chi connectivity index (χ4v) is 5.00. The zero-order valence-corrected chi connectivity index (χ0v) is 18.8. The van der Waals surface area contributed by atoms with E-state index < -0.39 is 38.7 Å². The van der Waals surface area contributed by atoms with Crippen LogP contribution >= 0.6 is 11.6 Å². The lowest BCUT2D eigenvalue weighted by Gasteiger charge is -2.31. The number of carbonyl (C=O) groups excluding carboxylic acids is 1. The van der Waals surface area contributed by atoms with Gasteiger partial charge in [-0.15, -0.1) is 0 Å². The summed E-state index contributed by atoms with van der Waals surface area (Å²) in [4.78, 5) is 12.5. The number of anilines is 1. The Morgan fingerprint density at radius 2 is 1.91 bits per heavy atom. The molecule has 0 saturated heterocycles. The summed E-state index contributed by atoms with van der Waals surface area (Å²) in [5, 5.41) is 2.32. The molecule has 2 aromatic rings. The normalized spacial score (nSPS) is 15.0. The Kier molecular flexibility index (Phi) is 6.88. The van der Waals surface area contributed by atoms with Crippen molar-refractivity contribution in [2.45, 2.75) is 44.7 Å². The van der Waals surface area contributed by atoms with Crippen molar-refractivity contribution in [3.05, 3.63) is 63.4 Å². The van der Waals surface area contributed by atoms with Gasteiger partial charge in [-0.05, 0) is 55.2 Å². The highest BCUT2D eigenvalue weighted by atomic mass is 35.5. The van der Waals surface area contributed by atoms with Crippen LogP contribution in [0.5, 0.6) is 0 Å². The van der Waals surface area contributed by atoms with E-state index in [9.17, 15) is 30.8 Å². The maximum Gasteiger partial charge on any atom is 0.419 e. The molecule has 3 rings (SSSR count). The number of hydrogen-bond donors (Lipinski definition) is 1. The van der Waals surface area contributed by atoms with E-state index in [4.69, 9.17) is 11.6 Å². The first kappa shape index (κ1) is 24.5. The molecular weight excluding hydrogens is 472 g/mol.